The van der Waals surface area contributed by atoms with E-state index in [-0.39, 0.29) is 5.78 Å². The van der Waals surface area contributed by atoms with Crippen molar-refractivity contribution < 1.29 is 28.2 Å². The molecule has 0 amide bonds. The SMILES string of the molecule is COc1ccc(C(=O)/C=C/c2ccc(OC(=O)c3c(C)oc4ccc(OCc5ccccc5)cc34)cc2)cc1. The number of ether oxygens (including phenoxy) is 3. The highest BCUT2D eigenvalue weighted by molar-refractivity contribution is 6.07. The summed E-state index contributed by atoms with van der Waals surface area (Å²) in [5, 5.41) is 0.625. The van der Waals surface area contributed by atoms with E-state index in [1.807, 2.05) is 36.4 Å². The molecule has 0 saturated carbocycles. The third kappa shape index (κ3) is 6.08. The number of hydrogen-bond acceptors (Lipinski definition) is 6. The maximum Gasteiger partial charge on any atom is 0.347 e. The van der Waals surface area contributed by atoms with E-state index in [0.29, 0.717) is 51.7 Å². The van der Waals surface area contributed by atoms with Crippen LogP contribution in [0.1, 0.15) is 37.6 Å². The fraction of sp³-hybridized carbons (Fsp3) is 0.0909. The van der Waals surface area contributed by atoms with Gasteiger partial charge in [0.2, 0.25) is 0 Å². The van der Waals surface area contributed by atoms with Gasteiger partial charge in [0.25, 0.3) is 0 Å². The van der Waals surface area contributed by atoms with Gasteiger partial charge in [-0.2, -0.15) is 0 Å². The van der Waals surface area contributed by atoms with Crippen molar-refractivity contribution in [1.29, 1.82) is 0 Å². The summed E-state index contributed by atoms with van der Waals surface area (Å²) in [6.07, 6.45) is 3.21. The fourth-order valence-electron chi connectivity index (χ4n) is 4.11. The average Bonchev–Trinajstić information content (AvgIpc) is 3.31. The quantitative estimate of drug-likeness (QED) is 0.0873. The van der Waals surface area contributed by atoms with Gasteiger partial charge in [0.15, 0.2) is 5.78 Å². The molecule has 0 fully saturated rings. The third-order valence-corrected chi connectivity index (χ3v) is 6.18. The van der Waals surface area contributed by atoms with Gasteiger partial charge in [-0.25, -0.2) is 4.79 Å². The summed E-state index contributed by atoms with van der Waals surface area (Å²) in [4.78, 5) is 25.5. The summed E-state index contributed by atoms with van der Waals surface area (Å²) < 4.78 is 22.5. The Bertz CT molecular complexity index is 1630. The number of esters is 1. The van der Waals surface area contributed by atoms with Gasteiger partial charge in [0.1, 0.15) is 40.8 Å². The van der Waals surface area contributed by atoms with Crippen molar-refractivity contribution in [3.05, 3.63) is 131 Å². The van der Waals surface area contributed by atoms with Crippen molar-refractivity contribution in [2.75, 3.05) is 7.11 Å². The number of methoxy groups -OCH3 is 1. The number of rotatable bonds is 9. The summed E-state index contributed by atoms with van der Waals surface area (Å²) in [5.41, 5.74) is 3.33. The molecular formula is C33H26O6. The summed E-state index contributed by atoms with van der Waals surface area (Å²) in [7, 11) is 1.58. The Hall–Kier alpha value is -5.10. The maximum absolute atomic E-state index is 13.1. The van der Waals surface area contributed by atoms with Gasteiger partial charge in [-0.15, -0.1) is 0 Å². The minimum Gasteiger partial charge on any atom is -0.497 e. The Morgan fingerprint density at radius 1 is 0.821 bits per heavy atom. The molecule has 6 nitrogen and oxygen atoms in total. The molecule has 1 heterocycles. The standard InChI is InChI=1S/C33H26O6/c1-22-32(29-20-28(17-19-31(29)38-22)37-21-24-6-4-3-5-7-24)33(35)39-27-13-8-23(9-14-27)10-18-30(34)25-11-15-26(36-2)16-12-25/h3-20H,21H2,1-2H3/b18-10+. The number of carbonyl (C=O) groups is 2. The Labute approximate surface area is 226 Å². The summed E-state index contributed by atoms with van der Waals surface area (Å²) in [6.45, 7) is 2.14. The largest absolute Gasteiger partial charge is 0.497 e. The highest BCUT2D eigenvalue weighted by Gasteiger charge is 2.21. The Morgan fingerprint density at radius 3 is 2.23 bits per heavy atom. The second kappa shape index (κ2) is 11.5. The second-order valence-corrected chi connectivity index (χ2v) is 8.85. The van der Waals surface area contributed by atoms with Crippen molar-refractivity contribution in [3.8, 4) is 17.2 Å². The molecule has 0 unspecified atom stereocenters. The van der Waals surface area contributed by atoms with Gasteiger partial charge >= 0.3 is 5.97 Å². The maximum atomic E-state index is 13.1. The van der Waals surface area contributed by atoms with Gasteiger partial charge in [-0.05, 0) is 78.7 Å². The minimum atomic E-state index is -0.524. The van der Waals surface area contributed by atoms with Gasteiger partial charge in [0, 0.05) is 10.9 Å². The number of benzene rings is 4. The molecule has 0 bridgehead atoms. The number of aryl methyl sites for hydroxylation is 1. The van der Waals surface area contributed by atoms with Crippen LogP contribution in [0.4, 0.5) is 0 Å². The van der Waals surface area contributed by atoms with Crippen molar-refractivity contribution >= 4 is 28.8 Å². The molecule has 5 rings (SSSR count). The van der Waals surface area contributed by atoms with E-state index in [1.54, 1.807) is 80.8 Å². The van der Waals surface area contributed by atoms with Crippen molar-refractivity contribution in [2.45, 2.75) is 13.5 Å². The number of furan rings is 1. The lowest BCUT2D eigenvalue weighted by Crippen LogP contribution is -2.09. The molecule has 194 valence electrons. The molecule has 0 saturated heterocycles. The van der Waals surface area contributed by atoms with Crippen LogP contribution in [0.3, 0.4) is 0 Å². The second-order valence-electron chi connectivity index (χ2n) is 8.85. The van der Waals surface area contributed by atoms with Crippen LogP contribution in [-0.4, -0.2) is 18.9 Å². The Kier molecular flexibility index (Phi) is 7.55. The first-order valence-corrected chi connectivity index (χ1v) is 12.4. The molecule has 5 aromatic rings. The number of ketones is 1. The molecule has 0 aliphatic carbocycles. The van der Waals surface area contributed by atoms with Crippen LogP contribution in [0, 0.1) is 6.92 Å². The number of fused-ring (bicyclic) bond motifs is 1. The zero-order chi connectivity index (χ0) is 27.2. The van der Waals surface area contributed by atoms with E-state index in [2.05, 4.69) is 0 Å². The molecule has 0 N–H and O–H groups in total. The molecule has 0 atom stereocenters. The van der Waals surface area contributed by atoms with Crippen LogP contribution >= 0.6 is 0 Å². The van der Waals surface area contributed by atoms with Crippen LogP contribution in [-0.2, 0) is 6.61 Å². The molecule has 6 heteroatoms. The molecule has 0 radical (unpaired) electrons. The number of carbonyl (C=O) groups excluding carboxylic acids is 2. The average molecular weight is 519 g/mol. The monoisotopic (exact) mass is 518 g/mol. The van der Waals surface area contributed by atoms with E-state index in [0.717, 1.165) is 11.1 Å². The third-order valence-electron chi connectivity index (χ3n) is 6.18. The van der Waals surface area contributed by atoms with Crippen molar-refractivity contribution in [3.63, 3.8) is 0 Å². The smallest absolute Gasteiger partial charge is 0.347 e. The van der Waals surface area contributed by atoms with Crippen molar-refractivity contribution in [1.82, 2.24) is 0 Å². The van der Waals surface area contributed by atoms with E-state index >= 15 is 0 Å². The predicted octanol–water partition coefficient (Wildman–Crippen LogP) is 7.44. The number of allylic oxidation sites excluding steroid dienone is 1. The van der Waals surface area contributed by atoms with E-state index in [9.17, 15) is 9.59 Å². The summed E-state index contributed by atoms with van der Waals surface area (Å²) in [5.74, 6) is 1.51. The van der Waals surface area contributed by atoms with Crippen LogP contribution in [0.25, 0.3) is 17.0 Å². The fourth-order valence-corrected chi connectivity index (χ4v) is 4.11. The van der Waals surface area contributed by atoms with Gasteiger partial charge in [-0.3, -0.25) is 4.79 Å². The van der Waals surface area contributed by atoms with E-state index in [1.165, 1.54) is 6.08 Å². The molecular weight excluding hydrogens is 492 g/mol. The Balaban J connectivity index is 1.26. The van der Waals surface area contributed by atoms with Gasteiger partial charge in [-0.1, -0.05) is 48.5 Å². The molecule has 1 aromatic heterocycles. The lowest BCUT2D eigenvalue weighted by atomic mass is 10.1. The molecule has 0 spiro atoms. The molecule has 0 aliphatic rings. The van der Waals surface area contributed by atoms with Gasteiger partial charge in [0.05, 0.1) is 7.11 Å². The van der Waals surface area contributed by atoms with Crippen LogP contribution in [0.2, 0.25) is 0 Å². The van der Waals surface area contributed by atoms with E-state index < -0.39 is 5.97 Å². The highest BCUT2D eigenvalue weighted by Crippen LogP contribution is 2.30. The summed E-state index contributed by atoms with van der Waals surface area (Å²) in [6, 6.07) is 29.1. The normalized spacial score (nSPS) is 11.0. The highest BCUT2D eigenvalue weighted by atomic mass is 16.5. The lowest BCUT2D eigenvalue weighted by Gasteiger charge is -2.07. The summed E-state index contributed by atoms with van der Waals surface area (Å²) >= 11 is 0. The van der Waals surface area contributed by atoms with Crippen LogP contribution < -0.4 is 14.2 Å². The molecule has 4 aromatic carbocycles. The van der Waals surface area contributed by atoms with Crippen molar-refractivity contribution in [2.24, 2.45) is 0 Å². The lowest BCUT2D eigenvalue weighted by molar-refractivity contribution is 0.0734. The first-order valence-electron chi connectivity index (χ1n) is 12.4. The first kappa shape index (κ1) is 25.5. The van der Waals surface area contributed by atoms with Gasteiger partial charge < -0.3 is 18.6 Å². The molecule has 0 aliphatic heterocycles. The zero-order valence-electron chi connectivity index (χ0n) is 21.5. The predicted molar refractivity (Wildman–Crippen MR) is 149 cm³/mol. The van der Waals surface area contributed by atoms with E-state index in [4.69, 9.17) is 18.6 Å². The Morgan fingerprint density at radius 2 is 1.51 bits per heavy atom. The first-order chi connectivity index (χ1) is 19.0. The zero-order valence-corrected chi connectivity index (χ0v) is 21.5. The number of hydrogen-bond donors (Lipinski definition) is 0. The molecule has 39 heavy (non-hydrogen) atoms. The van der Waals surface area contributed by atoms with Crippen LogP contribution in [0.15, 0.2) is 108 Å². The topological polar surface area (TPSA) is 75.0 Å². The van der Waals surface area contributed by atoms with Crippen LogP contribution in [0.5, 0.6) is 17.2 Å². The minimum absolute atomic E-state index is 0.123.